The molecule has 0 unspecified atom stereocenters. The minimum Gasteiger partial charge on any atom is -0.481 e. The second-order valence-corrected chi connectivity index (χ2v) is 15.6. The normalized spacial score (nSPS) is 48.8. The summed E-state index contributed by atoms with van der Waals surface area (Å²) >= 11 is 0. The SMILES string of the molecule is CC(=O)O[C@H]1CC[C@]2(C)[C@H]3CC=C4[C@H]5CC(C)(C)CC[C@@]5(C(=O)O)CC[C@@]4(C)[C@]3(C)CC[C@H]2C1(C)C. The van der Waals surface area contributed by atoms with Gasteiger partial charge in [0.1, 0.15) is 6.10 Å². The molecule has 5 rings (SSSR count). The van der Waals surface area contributed by atoms with Gasteiger partial charge in [-0.05, 0) is 104 Å². The van der Waals surface area contributed by atoms with Crippen LogP contribution in [0.1, 0.15) is 120 Å². The Bertz CT molecular complexity index is 992. The molecule has 202 valence electrons. The Kier molecular flexibility index (Phi) is 5.74. The van der Waals surface area contributed by atoms with E-state index in [-0.39, 0.29) is 45.1 Å². The summed E-state index contributed by atoms with van der Waals surface area (Å²) in [6.45, 7) is 18.5. The van der Waals surface area contributed by atoms with E-state index in [0.29, 0.717) is 11.8 Å². The van der Waals surface area contributed by atoms with Gasteiger partial charge in [-0.25, -0.2) is 0 Å². The fraction of sp³-hybridized carbons (Fsp3) is 0.875. The Balaban J connectivity index is 1.55. The number of carbonyl (C=O) groups is 2. The van der Waals surface area contributed by atoms with Crippen LogP contribution in [0.5, 0.6) is 0 Å². The van der Waals surface area contributed by atoms with Crippen LogP contribution in [0.4, 0.5) is 0 Å². The van der Waals surface area contributed by atoms with Crippen LogP contribution in [-0.2, 0) is 14.3 Å². The maximum absolute atomic E-state index is 12.8. The molecule has 0 aliphatic heterocycles. The molecular formula is C32H50O4. The van der Waals surface area contributed by atoms with Crippen LogP contribution in [0.25, 0.3) is 0 Å². The molecule has 4 fully saturated rings. The number of allylic oxidation sites excluding steroid dienone is 2. The second kappa shape index (κ2) is 7.85. The Morgan fingerprint density at radius 2 is 1.56 bits per heavy atom. The zero-order valence-electron chi connectivity index (χ0n) is 24.1. The van der Waals surface area contributed by atoms with E-state index < -0.39 is 11.4 Å². The van der Waals surface area contributed by atoms with Gasteiger partial charge in [0.2, 0.25) is 0 Å². The minimum absolute atomic E-state index is 0.00181. The third kappa shape index (κ3) is 3.30. The van der Waals surface area contributed by atoms with Gasteiger partial charge in [-0.1, -0.05) is 60.1 Å². The molecule has 36 heavy (non-hydrogen) atoms. The summed E-state index contributed by atoms with van der Waals surface area (Å²) in [4.78, 5) is 24.7. The molecule has 4 heteroatoms. The van der Waals surface area contributed by atoms with E-state index >= 15 is 0 Å². The number of esters is 1. The molecular weight excluding hydrogens is 448 g/mol. The zero-order valence-corrected chi connectivity index (χ0v) is 24.1. The molecule has 0 aromatic heterocycles. The highest BCUT2D eigenvalue weighted by Gasteiger charge is 2.69. The highest BCUT2D eigenvalue weighted by atomic mass is 16.5. The van der Waals surface area contributed by atoms with E-state index in [2.05, 4.69) is 54.5 Å². The lowest BCUT2D eigenvalue weighted by atomic mass is 9.33. The maximum atomic E-state index is 12.8. The number of rotatable bonds is 2. The predicted octanol–water partition coefficient (Wildman–Crippen LogP) is 7.80. The number of aliphatic carboxylic acids is 1. The van der Waals surface area contributed by atoms with E-state index in [9.17, 15) is 14.7 Å². The average molecular weight is 499 g/mol. The van der Waals surface area contributed by atoms with Crippen molar-refractivity contribution >= 4 is 11.9 Å². The van der Waals surface area contributed by atoms with Gasteiger partial charge in [-0.2, -0.15) is 0 Å². The van der Waals surface area contributed by atoms with Crippen molar-refractivity contribution in [1.29, 1.82) is 0 Å². The molecule has 0 aromatic rings. The summed E-state index contributed by atoms with van der Waals surface area (Å²) in [5, 5.41) is 10.5. The maximum Gasteiger partial charge on any atom is 0.310 e. The molecule has 0 heterocycles. The summed E-state index contributed by atoms with van der Waals surface area (Å²) in [5.74, 6) is 0.546. The fourth-order valence-corrected chi connectivity index (χ4v) is 11.0. The number of hydrogen-bond donors (Lipinski definition) is 1. The van der Waals surface area contributed by atoms with Crippen LogP contribution >= 0.6 is 0 Å². The number of carboxylic acids is 1. The first-order valence-corrected chi connectivity index (χ1v) is 14.6. The third-order valence-electron chi connectivity index (χ3n) is 13.3. The molecule has 4 nitrogen and oxygen atoms in total. The first-order valence-electron chi connectivity index (χ1n) is 14.6. The lowest BCUT2D eigenvalue weighted by Gasteiger charge is -2.71. The summed E-state index contributed by atoms with van der Waals surface area (Å²) < 4.78 is 5.87. The second-order valence-electron chi connectivity index (χ2n) is 15.6. The standard InChI is InChI=1S/C32H50O4/c1-20(33)36-25-12-13-29(6)23(28(25,4)5)11-14-31(8)24(29)10-9-21-22-19-27(2,3)15-17-32(22,26(34)35)18-16-30(21,31)7/h9,22-25H,10-19H2,1-8H3,(H,34,35)/t22-,23+,24-,25+,29+,30-,31-,32-/m1/s1. The molecule has 1 N–H and O–H groups in total. The van der Waals surface area contributed by atoms with Crippen molar-refractivity contribution in [3.63, 3.8) is 0 Å². The van der Waals surface area contributed by atoms with Crippen molar-refractivity contribution in [1.82, 2.24) is 0 Å². The Labute approximate surface area is 219 Å². The van der Waals surface area contributed by atoms with Crippen LogP contribution in [0.2, 0.25) is 0 Å². The van der Waals surface area contributed by atoms with Gasteiger partial charge < -0.3 is 9.84 Å². The highest BCUT2D eigenvalue weighted by Crippen LogP contribution is 2.75. The van der Waals surface area contributed by atoms with Gasteiger partial charge in [0.25, 0.3) is 0 Å². The molecule has 0 spiro atoms. The van der Waals surface area contributed by atoms with Gasteiger partial charge in [0.05, 0.1) is 5.41 Å². The van der Waals surface area contributed by atoms with Crippen LogP contribution < -0.4 is 0 Å². The van der Waals surface area contributed by atoms with Crippen molar-refractivity contribution in [3.8, 4) is 0 Å². The predicted molar refractivity (Wildman–Crippen MR) is 142 cm³/mol. The monoisotopic (exact) mass is 498 g/mol. The van der Waals surface area contributed by atoms with E-state index in [4.69, 9.17) is 4.74 Å². The number of hydrogen-bond acceptors (Lipinski definition) is 3. The fourth-order valence-electron chi connectivity index (χ4n) is 11.0. The first kappa shape index (κ1) is 26.3. The zero-order chi connectivity index (χ0) is 26.5. The molecule has 8 atom stereocenters. The summed E-state index contributed by atoms with van der Waals surface area (Å²) in [6.07, 6.45) is 12.6. The molecule has 4 saturated carbocycles. The Morgan fingerprint density at radius 3 is 2.19 bits per heavy atom. The Morgan fingerprint density at radius 1 is 0.889 bits per heavy atom. The summed E-state index contributed by atoms with van der Waals surface area (Å²) in [5.41, 5.74) is 1.50. The average Bonchev–Trinajstić information content (AvgIpc) is 2.75. The lowest BCUT2D eigenvalue weighted by molar-refractivity contribution is -0.213. The van der Waals surface area contributed by atoms with Crippen LogP contribution in [0.15, 0.2) is 11.6 Å². The molecule has 0 amide bonds. The molecule has 0 bridgehead atoms. The van der Waals surface area contributed by atoms with Crippen LogP contribution in [0.3, 0.4) is 0 Å². The summed E-state index contributed by atoms with van der Waals surface area (Å²) in [7, 11) is 0. The van der Waals surface area contributed by atoms with Crippen molar-refractivity contribution in [3.05, 3.63) is 11.6 Å². The van der Waals surface area contributed by atoms with Gasteiger partial charge >= 0.3 is 11.9 Å². The van der Waals surface area contributed by atoms with Gasteiger partial charge in [0.15, 0.2) is 0 Å². The first-order chi connectivity index (χ1) is 16.5. The third-order valence-corrected chi connectivity index (χ3v) is 13.3. The quantitative estimate of drug-likeness (QED) is 0.311. The van der Waals surface area contributed by atoms with E-state index in [0.717, 1.165) is 57.8 Å². The highest BCUT2D eigenvalue weighted by molar-refractivity contribution is 5.76. The molecule has 5 aliphatic rings. The van der Waals surface area contributed by atoms with Gasteiger partial charge in [-0.15, -0.1) is 0 Å². The van der Waals surface area contributed by atoms with Crippen LogP contribution in [-0.4, -0.2) is 23.1 Å². The van der Waals surface area contributed by atoms with Crippen molar-refractivity contribution in [2.24, 2.45) is 50.2 Å². The molecule has 5 aliphatic carbocycles. The largest absolute Gasteiger partial charge is 0.481 e. The summed E-state index contributed by atoms with van der Waals surface area (Å²) in [6, 6.07) is 0. The molecule has 0 saturated heterocycles. The number of fused-ring (bicyclic) bond motifs is 7. The number of carbonyl (C=O) groups excluding carboxylic acids is 1. The Hall–Kier alpha value is -1.32. The van der Waals surface area contributed by atoms with Crippen molar-refractivity contribution in [2.45, 2.75) is 126 Å². The van der Waals surface area contributed by atoms with Crippen molar-refractivity contribution in [2.75, 3.05) is 0 Å². The minimum atomic E-state index is -0.574. The van der Waals surface area contributed by atoms with Gasteiger partial charge in [0, 0.05) is 12.3 Å². The van der Waals surface area contributed by atoms with Crippen molar-refractivity contribution < 1.29 is 19.4 Å². The lowest BCUT2D eigenvalue weighted by Crippen LogP contribution is -2.65. The number of ether oxygens (including phenoxy) is 1. The molecule has 0 aromatic carbocycles. The molecule has 0 radical (unpaired) electrons. The van der Waals surface area contributed by atoms with Gasteiger partial charge in [-0.3, -0.25) is 9.59 Å². The smallest absolute Gasteiger partial charge is 0.310 e. The van der Waals surface area contributed by atoms with E-state index in [1.165, 1.54) is 12.0 Å². The topological polar surface area (TPSA) is 63.6 Å². The van der Waals surface area contributed by atoms with E-state index in [1.54, 1.807) is 6.92 Å². The van der Waals surface area contributed by atoms with E-state index in [1.807, 2.05) is 0 Å². The van der Waals surface area contributed by atoms with Crippen LogP contribution in [0, 0.1) is 50.2 Å². The number of carboxylic acid groups (broad SMARTS) is 1.